The van der Waals surface area contributed by atoms with Crippen LogP contribution in [0.4, 0.5) is 17.1 Å². The van der Waals surface area contributed by atoms with Gasteiger partial charge in [-0.3, -0.25) is 9.78 Å². The third kappa shape index (κ3) is 4.50. The van der Waals surface area contributed by atoms with E-state index in [9.17, 15) is 4.79 Å². The van der Waals surface area contributed by atoms with Gasteiger partial charge in [0.15, 0.2) is 0 Å². The lowest BCUT2D eigenvalue weighted by atomic mass is 10.2. The molecule has 0 bridgehead atoms. The second kappa shape index (κ2) is 7.55. The number of pyridine rings is 1. The van der Waals surface area contributed by atoms with Crippen LogP contribution in [-0.2, 0) is 0 Å². The molecular weight excluding hydrogens is 357 g/mol. The number of nitrogens with one attached hydrogen (secondary N) is 2. The van der Waals surface area contributed by atoms with Gasteiger partial charge in [-0.25, -0.2) is 0 Å². The highest BCUT2D eigenvalue weighted by Crippen LogP contribution is 2.26. The Hall–Kier alpha value is -2.56. The molecule has 3 aromatic rings. The standard InChI is InChI=1S/C19H15Cl2N3O/c1-12-3-2-4-15(7-12)23-16-8-13(10-22-11-16)19(25)24-18-6-5-14(20)9-17(18)21/h2-11,23H,1H3,(H,24,25). The Bertz CT molecular complexity index is 928. The minimum Gasteiger partial charge on any atom is -0.354 e. The highest BCUT2D eigenvalue weighted by Gasteiger charge is 2.10. The normalized spacial score (nSPS) is 10.4. The zero-order chi connectivity index (χ0) is 17.8. The van der Waals surface area contributed by atoms with Crippen molar-refractivity contribution in [2.24, 2.45) is 0 Å². The first kappa shape index (κ1) is 17.3. The summed E-state index contributed by atoms with van der Waals surface area (Å²) in [6.45, 7) is 2.02. The first-order chi connectivity index (χ1) is 12.0. The molecule has 0 fully saturated rings. The number of hydrogen-bond donors (Lipinski definition) is 2. The number of nitrogens with zero attached hydrogens (tertiary/aromatic N) is 1. The molecule has 3 rings (SSSR count). The monoisotopic (exact) mass is 371 g/mol. The molecule has 6 heteroatoms. The second-order valence-electron chi connectivity index (χ2n) is 5.54. The summed E-state index contributed by atoms with van der Waals surface area (Å²) in [6, 6.07) is 14.6. The summed E-state index contributed by atoms with van der Waals surface area (Å²) in [5, 5.41) is 6.88. The van der Waals surface area contributed by atoms with E-state index in [1.54, 1.807) is 30.5 Å². The van der Waals surface area contributed by atoms with E-state index in [0.29, 0.717) is 21.3 Å². The highest BCUT2D eigenvalue weighted by molar-refractivity contribution is 6.36. The van der Waals surface area contributed by atoms with Crippen LogP contribution >= 0.6 is 23.2 Å². The number of rotatable bonds is 4. The molecule has 25 heavy (non-hydrogen) atoms. The summed E-state index contributed by atoms with van der Waals surface area (Å²) in [6.07, 6.45) is 3.16. The Morgan fingerprint density at radius 1 is 1.00 bits per heavy atom. The van der Waals surface area contributed by atoms with Crippen LogP contribution in [0, 0.1) is 6.92 Å². The summed E-state index contributed by atoms with van der Waals surface area (Å²) in [4.78, 5) is 16.6. The quantitative estimate of drug-likeness (QED) is 0.618. The number of anilines is 3. The van der Waals surface area contributed by atoms with Gasteiger partial charge in [-0.2, -0.15) is 0 Å². The topological polar surface area (TPSA) is 54.0 Å². The predicted molar refractivity (Wildman–Crippen MR) is 103 cm³/mol. The van der Waals surface area contributed by atoms with Crippen LogP contribution < -0.4 is 10.6 Å². The van der Waals surface area contributed by atoms with Crippen LogP contribution in [0.25, 0.3) is 0 Å². The molecule has 0 spiro atoms. The first-order valence-electron chi connectivity index (χ1n) is 7.56. The van der Waals surface area contributed by atoms with Crippen LogP contribution in [0.1, 0.15) is 15.9 Å². The number of hydrogen-bond acceptors (Lipinski definition) is 3. The molecule has 1 amide bonds. The number of carbonyl (C=O) groups is 1. The van der Waals surface area contributed by atoms with Crippen LogP contribution in [0.2, 0.25) is 10.0 Å². The van der Waals surface area contributed by atoms with Crippen molar-refractivity contribution in [3.8, 4) is 0 Å². The molecular formula is C19H15Cl2N3O. The largest absolute Gasteiger partial charge is 0.354 e. The summed E-state index contributed by atoms with van der Waals surface area (Å²) >= 11 is 12.0. The van der Waals surface area contributed by atoms with Gasteiger partial charge < -0.3 is 10.6 Å². The molecule has 0 aliphatic rings. The van der Waals surface area contributed by atoms with Gasteiger partial charge in [0, 0.05) is 16.9 Å². The molecule has 0 atom stereocenters. The summed E-state index contributed by atoms with van der Waals surface area (Å²) in [7, 11) is 0. The van der Waals surface area contributed by atoms with Crippen molar-refractivity contribution in [2.75, 3.05) is 10.6 Å². The number of carbonyl (C=O) groups excluding carboxylic acids is 1. The van der Waals surface area contributed by atoms with Crippen molar-refractivity contribution >= 4 is 46.2 Å². The molecule has 0 aliphatic carbocycles. The molecule has 0 unspecified atom stereocenters. The third-order valence-electron chi connectivity index (χ3n) is 3.49. The number of halogens is 2. The molecule has 0 radical (unpaired) electrons. The van der Waals surface area contributed by atoms with E-state index in [1.807, 2.05) is 31.2 Å². The average Bonchev–Trinajstić information content (AvgIpc) is 2.57. The third-order valence-corrected chi connectivity index (χ3v) is 4.03. The van der Waals surface area contributed by atoms with Crippen LogP contribution in [0.3, 0.4) is 0 Å². The average molecular weight is 372 g/mol. The molecule has 2 aromatic carbocycles. The van der Waals surface area contributed by atoms with E-state index >= 15 is 0 Å². The van der Waals surface area contributed by atoms with Crippen LogP contribution in [0.5, 0.6) is 0 Å². The van der Waals surface area contributed by atoms with Crippen molar-refractivity contribution in [1.29, 1.82) is 0 Å². The molecule has 4 nitrogen and oxygen atoms in total. The van der Waals surface area contributed by atoms with E-state index < -0.39 is 0 Å². The van der Waals surface area contributed by atoms with Crippen molar-refractivity contribution in [1.82, 2.24) is 4.98 Å². The molecule has 0 saturated heterocycles. The smallest absolute Gasteiger partial charge is 0.257 e. The van der Waals surface area contributed by atoms with E-state index in [2.05, 4.69) is 15.6 Å². The number of benzene rings is 2. The van der Waals surface area contributed by atoms with Crippen LogP contribution in [-0.4, -0.2) is 10.9 Å². The van der Waals surface area contributed by atoms with E-state index in [4.69, 9.17) is 23.2 Å². The predicted octanol–water partition coefficient (Wildman–Crippen LogP) is 5.69. The molecule has 0 saturated carbocycles. The van der Waals surface area contributed by atoms with E-state index in [1.165, 1.54) is 6.20 Å². The fourth-order valence-corrected chi connectivity index (χ4v) is 2.76. The number of aromatic nitrogens is 1. The maximum atomic E-state index is 12.4. The van der Waals surface area contributed by atoms with Gasteiger partial charge >= 0.3 is 0 Å². The Morgan fingerprint density at radius 2 is 1.84 bits per heavy atom. The van der Waals surface area contributed by atoms with Crippen molar-refractivity contribution < 1.29 is 4.79 Å². The lowest BCUT2D eigenvalue weighted by molar-refractivity contribution is 0.102. The lowest BCUT2D eigenvalue weighted by Gasteiger charge is -2.10. The minimum atomic E-state index is -0.301. The maximum absolute atomic E-state index is 12.4. The van der Waals surface area contributed by atoms with Crippen molar-refractivity contribution in [3.05, 3.63) is 82.1 Å². The van der Waals surface area contributed by atoms with Gasteiger partial charge in [0.1, 0.15) is 0 Å². The lowest BCUT2D eigenvalue weighted by Crippen LogP contribution is -2.12. The van der Waals surface area contributed by atoms with Gasteiger partial charge in [-0.1, -0.05) is 35.3 Å². The van der Waals surface area contributed by atoms with E-state index in [-0.39, 0.29) is 5.91 Å². The molecule has 1 heterocycles. The molecule has 0 aliphatic heterocycles. The van der Waals surface area contributed by atoms with E-state index in [0.717, 1.165) is 16.9 Å². The summed E-state index contributed by atoms with van der Waals surface area (Å²) in [5.74, 6) is -0.301. The fraction of sp³-hybridized carbons (Fsp3) is 0.0526. The number of aryl methyl sites for hydroxylation is 1. The Kier molecular flexibility index (Phi) is 5.22. The van der Waals surface area contributed by atoms with Gasteiger partial charge in [0.25, 0.3) is 5.91 Å². The van der Waals surface area contributed by atoms with Crippen molar-refractivity contribution in [2.45, 2.75) is 6.92 Å². The zero-order valence-electron chi connectivity index (χ0n) is 13.4. The first-order valence-corrected chi connectivity index (χ1v) is 8.32. The summed E-state index contributed by atoms with van der Waals surface area (Å²) < 4.78 is 0. The highest BCUT2D eigenvalue weighted by atomic mass is 35.5. The minimum absolute atomic E-state index is 0.301. The van der Waals surface area contributed by atoms with Gasteiger partial charge in [0.05, 0.1) is 28.2 Å². The van der Waals surface area contributed by atoms with Gasteiger partial charge in [0.2, 0.25) is 0 Å². The number of amides is 1. The Morgan fingerprint density at radius 3 is 2.60 bits per heavy atom. The van der Waals surface area contributed by atoms with Gasteiger partial charge in [-0.05, 0) is 48.9 Å². The Balaban J connectivity index is 1.77. The second-order valence-corrected chi connectivity index (χ2v) is 6.38. The summed E-state index contributed by atoms with van der Waals surface area (Å²) in [5.41, 5.74) is 3.71. The maximum Gasteiger partial charge on any atom is 0.257 e. The molecule has 2 N–H and O–H groups in total. The Labute approximate surface area is 155 Å². The van der Waals surface area contributed by atoms with Crippen LogP contribution in [0.15, 0.2) is 60.9 Å². The molecule has 126 valence electrons. The van der Waals surface area contributed by atoms with Crippen molar-refractivity contribution in [3.63, 3.8) is 0 Å². The fourth-order valence-electron chi connectivity index (χ4n) is 2.31. The zero-order valence-corrected chi connectivity index (χ0v) is 14.9. The SMILES string of the molecule is Cc1cccc(Nc2cncc(C(=O)Nc3ccc(Cl)cc3Cl)c2)c1. The molecule has 1 aromatic heterocycles. The van der Waals surface area contributed by atoms with Gasteiger partial charge in [-0.15, -0.1) is 0 Å².